The Morgan fingerprint density at radius 1 is 1.29 bits per heavy atom. The third-order valence-electron chi connectivity index (χ3n) is 3.61. The molecular weight excluding hydrogens is 308 g/mol. The minimum Gasteiger partial charge on any atom is -0.306 e. The normalized spacial score (nSPS) is 15.8. The van der Waals surface area contributed by atoms with E-state index in [1.165, 1.54) is 16.5 Å². The van der Waals surface area contributed by atoms with E-state index in [1.807, 2.05) is 18.7 Å². The van der Waals surface area contributed by atoms with Crippen molar-refractivity contribution in [3.05, 3.63) is 56.8 Å². The summed E-state index contributed by atoms with van der Waals surface area (Å²) in [5.74, 6) is 1.18. The van der Waals surface area contributed by atoms with Crippen molar-refractivity contribution < 1.29 is 8.78 Å². The molecule has 1 N–H and O–H groups in total. The molecule has 0 aliphatic carbocycles. The van der Waals surface area contributed by atoms with Gasteiger partial charge in [0.05, 0.1) is 6.04 Å². The maximum Gasteiger partial charge on any atom is 0.131 e. The topological polar surface area (TPSA) is 12.0 Å². The van der Waals surface area contributed by atoms with Crippen LogP contribution in [-0.2, 0) is 12.2 Å². The van der Waals surface area contributed by atoms with Gasteiger partial charge in [0.2, 0.25) is 0 Å². The van der Waals surface area contributed by atoms with Crippen LogP contribution < -0.4 is 5.32 Å². The van der Waals surface area contributed by atoms with E-state index >= 15 is 0 Å². The van der Waals surface area contributed by atoms with Gasteiger partial charge in [-0.2, -0.15) is 11.8 Å². The van der Waals surface area contributed by atoms with Crippen LogP contribution in [0.25, 0.3) is 0 Å². The highest BCUT2D eigenvalue weighted by molar-refractivity contribution is 7.98. The van der Waals surface area contributed by atoms with Crippen molar-refractivity contribution in [1.82, 2.24) is 5.32 Å². The van der Waals surface area contributed by atoms with Crippen molar-refractivity contribution in [3.8, 4) is 0 Å². The first kappa shape index (κ1) is 15.0. The first-order valence-electron chi connectivity index (χ1n) is 7.06. The standard InChI is InChI=1S/C16H17F2NS2/c1-2-19-16(12-4-3-11(17)8-13(12)18)15-7-10-9-20-6-5-14(10)21-15/h3-4,7-8,16,19H,2,5-6,9H2,1H3. The lowest BCUT2D eigenvalue weighted by atomic mass is 10.0. The number of fused-ring (bicyclic) bond motifs is 1. The van der Waals surface area contributed by atoms with Gasteiger partial charge in [-0.1, -0.05) is 13.0 Å². The van der Waals surface area contributed by atoms with E-state index in [-0.39, 0.29) is 6.04 Å². The van der Waals surface area contributed by atoms with E-state index in [4.69, 9.17) is 0 Å². The lowest BCUT2D eigenvalue weighted by Crippen LogP contribution is -2.22. The maximum absolute atomic E-state index is 14.1. The monoisotopic (exact) mass is 325 g/mol. The zero-order valence-electron chi connectivity index (χ0n) is 11.8. The van der Waals surface area contributed by atoms with Crippen LogP contribution in [0.5, 0.6) is 0 Å². The first-order chi connectivity index (χ1) is 10.2. The number of hydrogen-bond acceptors (Lipinski definition) is 3. The fourth-order valence-corrected chi connectivity index (χ4v) is 5.09. The molecule has 1 nitrogen and oxygen atoms in total. The largest absolute Gasteiger partial charge is 0.306 e. The summed E-state index contributed by atoms with van der Waals surface area (Å²) >= 11 is 3.69. The Labute approximate surface area is 131 Å². The van der Waals surface area contributed by atoms with Gasteiger partial charge in [0.15, 0.2) is 0 Å². The molecule has 1 unspecified atom stereocenters. The summed E-state index contributed by atoms with van der Waals surface area (Å²) in [5.41, 5.74) is 1.89. The summed E-state index contributed by atoms with van der Waals surface area (Å²) < 4.78 is 27.2. The molecule has 0 spiro atoms. The number of hydrogen-bond donors (Lipinski definition) is 1. The molecule has 1 atom stereocenters. The van der Waals surface area contributed by atoms with E-state index in [0.717, 1.165) is 35.4 Å². The number of thiophene rings is 1. The van der Waals surface area contributed by atoms with E-state index in [2.05, 4.69) is 11.4 Å². The summed E-state index contributed by atoms with van der Waals surface area (Å²) in [6.45, 7) is 2.73. The Kier molecular flexibility index (Phi) is 4.62. The number of thioether (sulfide) groups is 1. The molecule has 1 aliphatic rings. The van der Waals surface area contributed by atoms with Crippen LogP contribution in [0.2, 0.25) is 0 Å². The van der Waals surface area contributed by atoms with E-state index in [0.29, 0.717) is 5.56 Å². The molecule has 5 heteroatoms. The molecule has 0 fully saturated rings. The van der Waals surface area contributed by atoms with Gasteiger partial charge in [-0.25, -0.2) is 8.78 Å². The Morgan fingerprint density at radius 2 is 2.14 bits per heavy atom. The third kappa shape index (κ3) is 3.15. The van der Waals surface area contributed by atoms with Gasteiger partial charge in [0.1, 0.15) is 11.6 Å². The summed E-state index contributed by atoms with van der Waals surface area (Å²) in [4.78, 5) is 2.53. The van der Waals surface area contributed by atoms with Crippen molar-refractivity contribution in [1.29, 1.82) is 0 Å². The second-order valence-electron chi connectivity index (χ2n) is 5.06. The predicted octanol–water partition coefficient (Wildman–Crippen LogP) is 4.51. The zero-order chi connectivity index (χ0) is 14.8. The molecule has 0 bridgehead atoms. The van der Waals surface area contributed by atoms with Crippen LogP contribution in [0.1, 0.15) is 33.8 Å². The quantitative estimate of drug-likeness (QED) is 0.887. The highest BCUT2D eigenvalue weighted by atomic mass is 32.2. The Balaban J connectivity index is 1.99. The molecular formula is C16H17F2NS2. The first-order valence-corrected chi connectivity index (χ1v) is 9.03. The van der Waals surface area contributed by atoms with Gasteiger partial charge in [0.25, 0.3) is 0 Å². The van der Waals surface area contributed by atoms with Gasteiger partial charge in [-0.15, -0.1) is 11.3 Å². The van der Waals surface area contributed by atoms with E-state index < -0.39 is 11.6 Å². The van der Waals surface area contributed by atoms with Crippen molar-refractivity contribution in [2.75, 3.05) is 12.3 Å². The van der Waals surface area contributed by atoms with Crippen molar-refractivity contribution >= 4 is 23.1 Å². The molecule has 2 heterocycles. The predicted molar refractivity (Wildman–Crippen MR) is 86.1 cm³/mol. The average Bonchev–Trinajstić information content (AvgIpc) is 2.89. The molecule has 3 rings (SSSR count). The van der Waals surface area contributed by atoms with E-state index in [1.54, 1.807) is 17.4 Å². The van der Waals surface area contributed by atoms with Crippen molar-refractivity contribution in [2.45, 2.75) is 25.1 Å². The second kappa shape index (κ2) is 6.46. The number of aryl methyl sites for hydroxylation is 1. The lowest BCUT2D eigenvalue weighted by molar-refractivity contribution is 0.544. The fraction of sp³-hybridized carbons (Fsp3) is 0.375. The summed E-state index contributed by atoms with van der Waals surface area (Å²) in [7, 11) is 0. The van der Waals surface area contributed by atoms with Gasteiger partial charge in [0, 0.05) is 27.1 Å². The molecule has 0 amide bonds. The van der Waals surface area contributed by atoms with Gasteiger partial charge < -0.3 is 5.32 Å². The molecule has 0 saturated heterocycles. The molecule has 0 saturated carbocycles. The summed E-state index contributed by atoms with van der Waals surface area (Å²) in [5, 5.41) is 3.33. The lowest BCUT2D eigenvalue weighted by Gasteiger charge is -2.17. The van der Waals surface area contributed by atoms with Crippen LogP contribution in [0.3, 0.4) is 0 Å². The number of halogens is 2. The molecule has 112 valence electrons. The number of benzene rings is 1. The Bertz CT molecular complexity index is 616. The highest BCUT2D eigenvalue weighted by Crippen LogP contribution is 2.37. The minimum atomic E-state index is -0.534. The van der Waals surface area contributed by atoms with Crippen LogP contribution in [0.4, 0.5) is 8.78 Å². The smallest absolute Gasteiger partial charge is 0.131 e. The van der Waals surface area contributed by atoms with E-state index in [9.17, 15) is 8.78 Å². The van der Waals surface area contributed by atoms with Crippen molar-refractivity contribution in [3.63, 3.8) is 0 Å². The number of nitrogens with one attached hydrogen (secondary N) is 1. The highest BCUT2D eigenvalue weighted by Gasteiger charge is 2.22. The molecule has 0 radical (unpaired) electrons. The number of rotatable bonds is 4. The average molecular weight is 325 g/mol. The Morgan fingerprint density at radius 3 is 2.86 bits per heavy atom. The maximum atomic E-state index is 14.1. The zero-order valence-corrected chi connectivity index (χ0v) is 13.4. The van der Waals surface area contributed by atoms with Crippen LogP contribution in [0.15, 0.2) is 24.3 Å². The molecule has 1 aromatic carbocycles. The molecule has 1 aromatic heterocycles. The molecule has 2 aromatic rings. The minimum absolute atomic E-state index is 0.198. The second-order valence-corrected chi connectivity index (χ2v) is 7.33. The van der Waals surface area contributed by atoms with Crippen LogP contribution in [0, 0.1) is 11.6 Å². The fourth-order valence-electron chi connectivity index (χ4n) is 2.62. The van der Waals surface area contributed by atoms with Crippen LogP contribution >= 0.6 is 23.1 Å². The Hall–Kier alpha value is -0.910. The van der Waals surface area contributed by atoms with Crippen molar-refractivity contribution in [2.24, 2.45) is 0 Å². The van der Waals surface area contributed by atoms with Gasteiger partial charge >= 0.3 is 0 Å². The molecule has 1 aliphatic heterocycles. The van der Waals surface area contributed by atoms with Gasteiger partial charge in [-0.05, 0) is 36.4 Å². The summed E-state index contributed by atoms with van der Waals surface area (Å²) in [6, 6.07) is 5.82. The van der Waals surface area contributed by atoms with Gasteiger partial charge in [-0.3, -0.25) is 0 Å². The third-order valence-corrected chi connectivity index (χ3v) is 5.92. The summed E-state index contributed by atoms with van der Waals surface area (Å²) in [6.07, 6.45) is 1.09. The SMILES string of the molecule is CCNC(c1cc2c(s1)CCSC2)c1ccc(F)cc1F. The molecule has 21 heavy (non-hydrogen) atoms. The van der Waals surface area contributed by atoms with Crippen LogP contribution in [-0.4, -0.2) is 12.3 Å².